The van der Waals surface area contributed by atoms with Crippen LogP contribution in [0.15, 0.2) is 17.3 Å². The molecule has 86 valence electrons. The van der Waals surface area contributed by atoms with Gasteiger partial charge in [-0.15, -0.1) is 0 Å². The molecule has 0 atom stereocenters. The summed E-state index contributed by atoms with van der Waals surface area (Å²) in [4.78, 5) is 9.77. The van der Waals surface area contributed by atoms with E-state index in [0.29, 0.717) is 0 Å². The normalized spacial score (nSPS) is 10.6. The van der Waals surface area contributed by atoms with Crippen molar-refractivity contribution in [2.24, 2.45) is 5.16 Å². The predicted octanol–water partition coefficient (Wildman–Crippen LogP) is 0.875. The number of nitrogens with zero attached hydrogens (tertiary/aromatic N) is 2. The van der Waals surface area contributed by atoms with Crippen LogP contribution in [0.1, 0.15) is 12.5 Å². The first-order valence-corrected chi connectivity index (χ1v) is 4.39. The van der Waals surface area contributed by atoms with Crippen molar-refractivity contribution in [1.82, 2.24) is 0 Å². The van der Waals surface area contributed by atoms with Gasteiger partial charge in [0.15, 0.2) is 0 Å². The van der Waals surface area contributed by atoms with Gasteiger partial charge in [0.05, 0.1) is 17.7 Å². The van der Waals surface area contributed by atoms with Crippen molar-refractivity contribution in [3.8, 4) is 11.5 Å². The fourth-order valence-corrected chi connectivity index (χ4v) is 1.15. The van der Waals surface area contributed by atoms with Crippen LogP contribution < -0.4 is 9.84 Å². The molecule has 1 aromatic rings. The smallest absolute Gasteiger partial charge is 0.266 e. The highest BCUT2D eigenvalue weighted by Gasteiger charge is 2.13. The molecule has 7 heteroatoms. The standard InChI is InChI=1S/C9H10N2O5/c1-2-16-8-4-6(5-10-13)3-7(9(8)12)11(14)15/h3-5,12-13H,2H2,1H3/p-1/b10-5+. The van der Waals surface area contributed by atoms with Gasteiger partial charge in [-0.3, -0.25) is 10.1 Å². The van der Waals surface area contributed by atoms with Gasteiger partial charge in [-0.05, 0) is 13.0 Å². The number of hydrogen-bond acceptors (Lipinski definition) is 6. The van der Waals surface area contributed by atoms with Crippen molar-refractivity contribution in [1.29, 1.82) is 0 Å². The number of ether oxygens (including phenoxy) is 1. The lowest BCUT2D eigenvalue weighted by molar-refractivity contribution is -0.398. The first kappa shape index (κ1) is 11.8. The highest BCUT2D eigenvalue weighted by Crippen LogP contribution is 2.34. The largest absolute Gasteiger partial charge is 0.865 e. The van der Waals surface area contributed by atoms with E-state index in [2.05, 4.69) is 5.16 Å². The van der Waals surface area contributed by atoms with Crippen LogP contribution >= 0.6 is 0 Å². The molecule has 16 heavy (non-hydrogen) atoms. The molecule has 0 aromatic heterocycles. The summed E-state index contributed by atoms with van der Waals surface area (Å²) in [5.41, 5.74) is -0.391. The predicted molar refractivity (Wildman–Crippen MR) is 53.1 cm³/mol. The second-order valence-corrected chi connectivity index (χ2v) is 2.80. The molecule has 0 unspecified atom stereocenters. The summed E-state index contributed by atoms with van der Waals surface area (Å²) in [6, 6.07) is 2.29. The SMILES string of the molecule is CCOc1cc(/C=N/O)cc([N+](=O)[O-])c1[O-]. The highest BCUT2D eigenvalue weighted by molar-refractivity contribution is 5.82. The minimum absolute atomic E-state index is 0.133. The average molecular weight is 225 g/mol. The van der Waals surface area contributed by atoms with Crippen LogP contribution in [0, 0.1) is 10.1 Å². The zero-order chi connectivity index (χ0) is 12.1. The number of hydrogen-bond donors (Lipinski definition) is 1. The number of benzene rings is 1. The van der Waals surface area contributed by atoms with Crippen LogP contribution in [0.5, 0.6) is 11.5 Å². The summed E-state index contributed by atoms with van der Waals surface area (Å²) in [5.74, 6) is -0.923. The van der Waals surface area contributed by atoms with Crippen LogP contribution in [0.3, 0.4) is 0 Å². The minimum Gasteiger partial charge on any atom is -0.865 e. The Balaban J connectivity index is 3.32. The third-order valence-electron chi connectivity index (χ3n) is 1.76. The summed E-state index contributed by atoms with van der Waals surface area (Å²) in [6.07, 6.45) is 0.981. The van der Waals surface area contributed by atoms with Crippen molar-refractivity contribution in [2.45, 2.75) is 6.92 Å². The molecule has 0 fully saturated rings. The summed E-state index contributed by atoms with van der Waals surface area (Å²) in [6.45, 7) is 1.87. The van der Waals surface area contributed by atoms with Crippen molar-refractivity contribution in [3.63, 3.8) is 0 Å². The minimum atomic E-state index is -0.806. The van der Waals surface area contributed by atoms with Crippen LogP contribution in [0.4, 0.5) is 5.69 Å². The fraction of sp³-hybridized carbons (Fsp3) is 0.222. The second kappa shape index (κ2) is 4.96. The Morgan fingerprint density at radius 3 is 2.81 bits per heavy atom. The maximum atomic E-state index is 11.5. The quantitative estimate of drug-likeness (QED) is 0.354. The lowest BCUT2D eigenvalue weighted by Crippen LogP contribution is -2.04. The number of rotatable bonds is 4. The summed E-state index contributed by atoms with van der Waals surface area (Å²) in [7, 11) is 0. The van der Waals surface area contributed by atoms with Gasteiger partial charge in [0.25, 0.3) is 5.69 Å². The number of oxime groups is 1. The molecule has 0 radical (unpaired) electrons. The third kappa shape index (κ3) is 2.38. The molecule has 1 N–H and O–H groups in total. The Morgan fingerprint density at radius 1 is 1.62 bits per heavy atom. The van der Waals surface area contributed by atoms with Gasteiger partial charge >= 0.3 is 0 Å². The van der Waals surface area contributed by atoms with Crippen molar-refractivity contribution in [2.75, 3.05) is 6.61 Å². The fourth-order valence-electron chi connectivity index (χ4n) is 1.15. The molecule has 1 aromatic carbocycles. The monoisotopic (exact) mass is 225 g/mol. The lowest BCUT2D eigenvalue weighted by atomic mass is 10.2. The van der Waals surface area contributed by atoms with Gasteiger partial charge < -0.3 is 15.1 Å². The van der Waals surface area contributed by atoms with Crippen LogP contribution in [0.2, 0.25) is 0 Å². The summed E-state index contributed by atoms with van der Waals surface area (Å²) < 4.78 is 4.95. The van der Waals surface area contributed by atoms with E-state index in [0.717, 1.165) is 12.3 Å². The maximum absolute atomic E-state index is 11.5. The maximum Gasteiger partial charge on any atom is 0.266 e. The van der Waals surface area contributed by atoms with E-state index in [4.69, 9.17) is 9.94 Å². The van der Waals surface area contributed by atoms with E-state index < -0.39 is 16.4 Å². The topological polar surface area (TPSA) is 108 Å². The Kier molecular flexibility index (Phi) is 3.65. The van der Waals surface area contributed by atoms with Gasteiger partial charge in [0.2, 0.25) is 0 Å². The molecular formula is C9H9N2O5-. The zero-order valence-electron chi connectivity index (χ0n) is 8.41. The van der Waals surface area contributed by atoms with Gasteiger partial charge in [0, 0.05) is 17.4 Å². The van der Waals surface area contributed by atoms with Gasteiger partial charge in [0.1, 0.15) is 5.75 Å². The molecule has 0 aliphatic rings. The molecule has 0 aliphatic heterocycles. The molecule has 0 spiro atoms. The molecule has 0 saturated carbocycles. The first-order valence-electron chi connectivity index (χ1n) is 4.39. The van der Waals surface area contributed by atoms with Crippen LogP contribution in [0.25, 0.3) is 0 Å². The Bertz CT molecular complexity index is 430. The molecule has 0 bridgehead atoms. The van der Waals surface area contributed by atoms with E-state index >= 15 is 0 Å². The molecule has 0 amide bonds. The number of nitro groups is 1. The number of nitro benzene ring substituents is 1. The van der Waals surface area contributed by atoms with Gasteiger partial charge in [-0.25, -0.2) is 0 Å². The Labute approximate surface area is 90.7 Å². The molecule has 0 heterocycles. The van der Waals surface area contributed by atoms with Crippen LogP contribution in [-0.4, -0.2) is 23.0 Å². The Hall–Kier alpha value is -2.31. The van der Waals surface area contributed by atoms with E-state index in [-0.39, 0.29) is 17.9 Å². The Morgan fingerprint density at radius 2 is 2.31 bits per heavy atom. The molecule has 1 rings (SSSR count). The van der Waals surface area contributed by atoms with Crippen molar-refractivity contribution >= 4 is 11.9 Å². The first-order chi connectivity index (χ1) is 7.60. The molecule has 0 aliphatic carbocycles. The van der Waals surface area contributed by atoms with E-state index in [1.165, 1.54) is 6.07 Å². The molecule has 7 nitrogen and oxygen atoms in total. The zero-order valence-corrected chi connectivity index (χ0v) is 8.41. The van der Waals surface area contributed by atoms with Crippen molar-refractivity contribution in [3.05, 3.63) is 27.8 Å². The average Bonchev–Trinajstić information content (AvgIpc) is 2.23. The summed E-state index contributed by atoms with van der Waals surface area (Å²) in [5, 5.41) is 33.1. The van der Waals surface area contributed by atoms with Crippen molar-refractivity contribution < 1.29 is 20.0 Å². The summed E-state index contributed by atoms with van der Waals surface area (Å²) >= 11 is 0. The lowest BCUT2D eigenvalue weighted by Gasteiger charge is -2.14. The van der Waals surface area contributed by atoms with E-state index in [1.54, 1.807) is 6.92 Å². The van der Waals surface area contributed by atoms with Gasteiger partial charge in [-0.2, -0.15) is 0 Å². The second-order valence-electron chi connectivity index (χ2n) is 2.80. The third-order valence-corrected chi connectivity index (χ3v) is 1.76. The highest BCUT2D eigenvalue weighted by atomic mass is 16.6. The van der Waals surface area contributed by atoms with E-state index in [9.17, 15) is 15.2 Å². The van der Waals surface area contributed by atoms with Crippen LogP contribution in [-0.2, 0) is 0 Å². The van der Waals surface area contributed by atoms with Gasteiger partial charge in [-0.1, -0.05) is 5.16 Å². The van der Waals surface area contributed by atoms with E-state index in [1.807, 2.05) is 0 Å². The molecular weight excluding hydrogens is 216 g/mol. The molecule has 0 saturated heterocycles.